The number of carbonyl (C=O) groups excluding carboxylic acids is 1. The van der Waals surface area contributed by atoms with Gasteiger partial charge >= 0.3 is 0 Å². The lowest BCUT2D eigenvalue weighted by molar-refractivity contribution is -0.116. The van der Waals surface area contributed by atoms with E-state index >= 15 is 0 Å². The van der Waals surface area contributed by atoms with Gasteiger partial charge in [-0.15, -0.1) is 0 Å². The van der Waals surface area contributed by atoms with E-state index in [-0.39, 0.29) is 11.4 Å². The Morgan fingerprint density at radius 2 is 1.96 bits per heavy atom. The lowest BCUT2D eigenvalue weighted by Crippen LogP contribution is -2.45. The lowest BCUT2D eigenvalue weighted by Gasteiger charge is -2.29. The van der Waals surface area contributed by atoms with E-state index in [0.717, 1.165) is 10.6 Å². The number of hydrogen-bond donors (Lipinski definition) is 1. The van der Waals surface area contributed by atoms with Gasteiger partial charge < -0.3 is 14.8 Å². The molecular formula is C19H23ClN2O5S. The largest absolute Gasteiger partial charge is 0.495 e. The highest BCUT2D eigenvalue weighted by Crippen LogP contribution is 2.34. The first-order valence-electron chi connectivity index (χ1n) is 8.54. The number of nitrogens with one attached hydrogen (secondary N) is 1. The molecule has 1 amide bonds. The number of nitrogens with zero attached hydrogens (tertiary/aromatic N) is 1. The maximum absolute atomic E-state index is 12.8. The Kier molecular flexibility index (Phi) is 7.15. The number of anilines is 2. The van der Waals surface area contributed by atoms with E-state index in [0.29, 0.717) is 23.1 Å². The van der Waals surface area contributed by atoms with Gasteiger partial charge in [0, 0.05) is 16.8 Å². The number of methoxy groups -OCH3 is 1. The molecule has 28 heavy (non-hydrogen) atoms. The van der Waals surface area contributed by atoms with E-state index in [4.69, 9.17) is 21.1 Å². The number of carbonyl (C=O) groups is 1. The van der Waals surface area contributed by atoms with E-state index in [1.165, 1.54) is 20.1 Å². The molecule has 0 saturated heterocycles. The molecule has 1 atom stereocenters. The van der Waals surface area contributed by atoms with Crippen molar-refractivity contribution in [2.45, 2.75) is 19.9 Å². The number of benzene rings is 2. The average molecular weight is 427 g/mol. The second-order valence-corrected chi connectivity index (χ2v) is 8.30. The molecule has 9 heteroatoms. The van der Waals surface area contributed by atoms with Crippen LogP contribution in [0.4, 0.5) is 11.4 Å². The zero-order valence-corrected chi connectivity index (χ0v) is 17.7. The normalized spacial score (nSPS) is 12.2. The summed E-state index contributed by atoms with van der Waals surface area (Å²) in [5.41, 5.74) is 0.678. The molecule has 0 radical (unpaired) electrons. The summed E-state index contributed by atoms with van der Waals surface area (Å²) in [6, 6.07) is 10.4. The van der Waals surface area contributed by atoms with E-state index < -0.39 is 22.0 Å². The zero-order valence-electron chi connectivity index (χ0n) is 16.1. The Balaban J connectivity index is 2.36. The first kappa shape index (κ1) is 21.8. The molecule has 0 heterocycles. The van der Waals surface area contributed by atoms with Crippen LogP contribution in [0.25, 0.3) is 0 Å². The summed E-state index contributed by atoms with van der Waals surface area (Å²) in [7, 11) is -2.40. The first-order chi connectivity index (χ1) is 13.2. The van der Waals surface area contributed by atoms with Crippen LogP contribution in [0.1, 0.15) is 13.8 Å². The van der Waals surface area contributed by atoms with Crippen LogP contribution in [0.5, 0.6) is 11.5 Å². The summed E-state index contributed by atoms with van der Waals surface area (Å²) in [5, 5.41) is 3.04. The predicted octanol–water partition coefficient (Wildman–Crippen LogP) is 3.54. The predicted molar refractivity (Wildman–Crippen MR) is 111 cm³/mol. The fourth-order valence-corrected chi connectivity index (χ4v) is 4.03. The summed E-state index contributed by atoms with van der Waals surface area (Å²) in [4.78, 5) is 12.8. The van der Waals surface area contributed by atoms with E-state index in [1.54, 1.807) is 36.4 Å². The molecule has 0 bridgehead atoms. The van der Waals surface area contributed by atoms with Crippen molar-refractivity contribution in [1.82, 2.24) is 0 Å². The third-order valence-electron chi connectivity index (χ3n) is 3.88. The number of amides is 1. The molecule has 0 aliphatic heterocycles. The number of rotatable bonds is 8. The summed E-state index contributed by atoms with van der Waals surface area (Å²) in [6.07, 6.45) is 1.02. The van der Waals surface area contributed by atoms with E-state index in [1.807, 2.05) is 6.92 Å². The van der Waals surface area contributed by atoms with Crippen LogP contribution in [-0.2, 0) is 14.8 Å². The number of ether oxygens (including phenoxy) is 2. The minimum atomic E-state index is -3.81. The fourth-order valence-electron chi connectivity index (χ4n) is 2.69. The van der Waals surface area contributed by atoms with Crippen LogP contribution < -0.4 is 19.1 Å². The van der Waals surface area contributed by atoms with Gasteiger partial charge in [0.1, 0.15) is 17.5 Å². The highest BCUT2D eigenvalue weighted by molar-refractivity contribution is 7.92. The maximum Gasteiger partial charge on any atom is 0.247 e. The van der Waals surface area contributed by atoms with Gasteiger partial charge in [0.15, 0.2) is 0 Å². The van der Waals surface area contributed by atoms with Crippen LogP contribution in [0.3, 0.4) is 0 Å². The third-order valence-corrected chi connectivity index (χ3v) is 5.34. The van der Waals surface area contributed by atoms with Gasteiger partial charge in [-0.2, -0.15) is 0 Å². The van der Waals surface area contributed by atoms with Gasteiger partial charge in [0.2, 0.25) is 15.9 Å². The van der Waals surface area contributed by atoms with Crippen molar-refractivity contribution in [1.29, 1.82) is 0 Å². The number of halogens is 1. The molecule has 1 N–H and O–H groups in total. The second-order valence-electron chi connectivity index (χ2n) is 6.00. The van der Waals surface area contributed by atoms with Crippen molar-refractivity contribution >= 4 is 38.9 Å². The number of sulfonamides is 1. The Morgan fingerprint density at radius 1 is 1.25 bits per heavy atom. The van der Waals surface area contributed by atoms with Crippen LogP contribution in [0.15, 0.2) is 42.5 Å². The Labute approximate surface area is 170 Å². The van der Waals surface area contributed by atoms with Crippen LogP contribution in [0, 0.1) is 0 Å². The highest BCUT2D eigenvalue weighted by Gasteiger charge is 2.31. The third kappa shape index (κ3) is 5.30. The molecule has 0 aliphatic carbocycles. The first-order valence-corrected chi connectivity index (χ1v) is 10.8. The van der Waals surface area contributed by atoms with Gasteiger partial charge in [0.25, 0.3) is 0 Å². The topological polar surface area (TPSA) is 84.9 Å². The standard InChI is InChI=1S/C19H23ClN2O5S/c1-5-27-16-8-6-7-15(12-16)21-19(23)13(2)22(28(4,24)25)17-11-14(20)9-10-18(17)26-3/h6-13H,5H2,1-4H3,(H,21,23)/t13-/m0/s1. The van der Waals surface area contributed by atoms with E-state index in [2.05, 4.69) is 5.32 Å². The number of hydrogen-bond acceptors (Lipinski definition) is 5. The van der Waals surface area contributed by atoms with Crippen molar-refractivity contribution in [3.05, 3.63) is 47.5 Å². The smallest absolute Gasteiger partial charge is 0.247 e. The summed E-state index contributed by atoms with van der Waals surface area (Å²) in [5.74, 6) is 0.373. The van der Waals surface area contributed by atoms with Gasteiger partial charge in [-0.1, -0.05) is 17.7 Å². The summed E-state index contributed by atoms with van der Waals surface area (Å²) in [6.45, 7) is 3.84. The second kappa shape index (κ2) is 9.16. The minimum Gasteiger partial charge on any atom is -0.495 e. The molecule has 0 spiro atoms. The Hall–Kier alpha value is -2.45. The fraction of sp³-hybridized carbons (Fsp3) is 0.316. The molecule has 7 nitrogen and oxygen atoms in total. The van der Waals surface area contributed by atoms with Gasteiger partial charge in [-0.3, -0.25) is 9.10 Å². The highest BCUT2D eigenvalue weighted by atomic mass is 35.5. The van der Waals surface area contributed by atoms with Crippen molar-refractivity contribution in [3.63, 3.8) is 0 Å². The average Bonchev–Trinajstić information content (AvgIpc) is 2.61. The molecule has 0 unspecified atom stereocenters. The van der Waals surface area contributed by atoms with Gasteiger partial charge in [0.05, 0.1) is 25.7 Å². The quantitative estimate of drug-likeness (QED) is 0.697. The summed E-state index contributed by atoms with van der Waals surface area (Å²) < 4.78 is 36.6. The molecule has 2 aromatic carbocycles. The maximum atomic E-state index is 12.8. The zero-order chi connectivity index (χ0) is 20.9. The van der Waals surface area contributed by atoms with Crippen molar-refractivity contribution in [2.24, 2.45) is 0 Å². The minimum absolute atomic E-state index is 0.184. The van der Waals surface area contributed by atoms with Crippen molar-refractivity contribution < 1.29 is 22.7 Å². The molecule has 0 aliphatic rings. The molecule has 152 valence electrons. The molecule has 2 rings (SSSR count). The molecular weight excluding hydrogens is 404 g/mol. The lowest BCUT2D eigenvalue weighted by atomic mass is 10.2. The Morgan fingerprint density at radius 3 is 2.57 bits per heavy atom. The summed E-state index contributed by atoms with van der Waals surface area (Å²) >= 11 is 6.04. The van der Waals surface area contributed by atoms with E-state index in [9.17, 15) is 13.2 Å². The van der Waals surface area contributed by atoms with Crippen molar-refractivity contribution in [3.8, 4) is 11.5 Å². The molecule has 2 aromatic rings. The Bertz CT molecular complexity index is 949. The molecule has 0 fully saturated rings. The van der Waals surface area contributed by atoms with Gasteiger partial charge in [-0.05, 0) is 44.2 Å². The monoisotopic (exact) mass is 426 g/mol. The molecule has 0 aromatic heterocycles. The van der Waals surface area contributed by atoms with Crippen molar-refractivity contribution in [2.75, 3.05) is 29.6 Å². The van der Waals surface area contributed by atoms with Crippen LogP contribution in [0.2, 0.25) is 5.02 Å². The van der Waals surface area contributed by atoms with Gasteiger partial charge in [-0.25, -0.2) is 8.42 Å². The van der Waals surface area contributed by atoms with Crippen LogP contribution >= 0.6 is 11.6 Å². The van der Waals surface area contributed by atoms with Crippen LogP contribution in [-0.4, -0.2) is 40.3 Å². The molecule has 0 saturated carbocycles. The SMILES string of the molecule is CCOc1cccc(NC(=O)[C@H](C)N(c2cc(Cl)ccc2OC)S(C)(=O)=O)c1.